The van der Waals surface area contributed by atoms with Gasteiger partial charge < -0.3 is 15.4 Å². The molecule has 0 aliphatic carbocycles. The number of nitrogens with zero attached hydrogens (tertiary/aromatic N) is 2. The van der Waals surface area contributed by atoms with E-state index in [0.29, 0.717) is 17.7 Å². The van der Waals surface area contributed by atoms with Gasteiger partial charge in [-0.2, -0.15) is 5.10 Å². The van der Waals surface area contributed by atoms with Crippen LogP contribution in [-0.4, -0.2) is 42.1 Å². The molecule has 6 heteroatoms. The highest BCUT2D eigenvalue weighted by molar-refractivity contribution is 6.33. The molecule has 0 atom stereocenters. The largest absolute Gasteiger partial charge is 0.492 e. The average molecular weight is 335 g/mol. The van der Waals surface area contributed by atoms with E-state index < -0.39 is 0 Å². The van der Waals surface area contributed by atoms with Crippen molar-refractivity contribution < 1.29 is 4.74 Å². The van der Waals surface area contributed by atoms with Gasteiger partial charge in [-0.05, 0) is 38.1 Å². The monoisotopic (exact) mass is 334 g/mol. The zero-order valence-electron chi connectivity index (χ0n) is 13.4. The van der Waals surface area contributed by atoms with Crippen LogP contribution < -0.4 is 15.4 Å². The first kappa shape index (κ1) is 16.3. The van der Waals surface area contributed by atoms with Crippen LogP contribution in [0.1, 0.15) is 12.8 Å². The summed E-state index contributed by atoms with van der Waals surface area (Å²) in [6.07, 6.45) is 4.02. The molecular weight excluding hydrogens is 312 g/mol. The summed E-state index contributed by atoms with van der Waals surface area (Å²) >= 11 is 6.26. The molecule has 0 amide bonds. The molecule has 2 aromatic rings. The smallest absolute Gasteiger partial charge is 0.128 e. The summed E-state index contributed by atoms with van der Waals surface area (Å²) in [5, 5.41) is 11.8. The summed E-state index contributed by atoms with van der Waals surface area (Å²) in [5.74, 6) is 0.838. The van der Waals surface area contributed by atoms with Crippen molar-refractivity contribution in [2.24, 2.45) is 7.05 Å². The third kappa shape index (κ3) is 4.05. The lowest BCUT2D eigenvalue weighted by atomic mass is 10.1. The second-order valence-electron chi connectivity index (χ2n) is 5.79. The van der Waals surface area contributed by atoms with Crippen LogP contribution in [0.15, 0.2) is 30.5 Å². The molecule has 1 fully saturated rings. The van der Waals surface area contributed by atoms with Crippen LogP contribution in [0.25, 0.3) is 11.3 Å². The second kappa shape index (κ2) is 7.81. The number of ether oxygens (including phenoxy) is 1. The molecule has 124 valence electrons. The molecule has 5 nitrogen and oxygen atoms in total. The number of benzene rings is 1. The molecular formula is C17H23ClN4O. The van der Waals surface area contributed by atoms with Crippen LogP contribution in [0.5, 0.6) is 5.75 Å². The number of hydrogen-bond acceptors (Lipinski definition) is 4. The molecule has 1 saturated heterocycles. The van der Waals surface area contributed by atoms with Gasteiger partial charge in [0.25, 0.3) is 0 Å². The van der Waals surface area contributed by atoms with Gasteiger partial charge in [-0.1, -0.05) is 23.7 Å². The van der Waals surface area contributed by atoms with E-state index in [0.717, 1.165) is 36.6 Å². The Morgan fingerprint density at radius 2 is 2.13 bits per heavy atom. The molecule has 0 saturated carbocycles. The van der Waals surface area contributed by atoms with Crippen molar-refractivity contribution in [2.75, 3.05) is 26.2 Å². The number of hydrogen-bond donors (Lipinski definition) is 2. The summed E-state index contributed by atoms with van der Waals surface area (Å²) in [7, 11) is 1.89. The predicted molar refractivity (Wildman–Crippen MR) is 93.0 cm³/mol. The van der Waals surface area contributed by atoms with Gasteiger partial charge in [-0.25, -0.2) is 0 Å². The maximum Gasteiger partial charge on any atom is 0.128 e. The number of rotatable bonds is 6. The van der Waals surface area contributed by atoms with Crippen LogP contribution in [0.4, 0.5) is 0 Å². The van der Waals surface area contributed by atoms with Gasteiger partial charge in [0.15, 0.2) is 0 Å². The van der Waals surface area contributed by atoms with E-state index >= 15 is 0 Å². The Bertz CT molecular complexity index is 618. The molecule has 0 spiro atoms. The lowest BCUT2D eigenvalue weighted by Crippen LogP contribution is -2.41. The van der Waals surface area contributed by atoms with E-state index in [1.54, 1.807) is 10.9 Å². The zero-order valence-corrected chi connectivity index (χ0v) is 14.1. The highest BCUT2D eigenvalue weighted by Crippen LogP contribution is 2.34. The van der Waals surface area contributed by atoms with Crippen LogP contribution in [0, 0.1) is 0 Å². The Labute approximate surface area is 142 Å². The molecule has 23 heavy (non-hydrogen) atoms. The van der Waals surface area contributed by atoms with Crippen molar-refractivity contribution in [2.45, 2.75) is 18.9 Å². The van der Waals surface area contributed by atoms with Gasteiger partial charge >= 0.3 is 0 Å². The van der Waals surface area contributed by atoms with Crippen molar-refractivity contribution >= 4 is 11.6 Å². The molecule has 1 aliphatic rings. The minimum Gasteiger partial charge on any atom is -0.492 e. The normalized spacial score (nSPS) is 15.7. The molecule has 0 radical (unpaired) electrons. The first-order valence-corrected chi connectivity index (χ1v) is 8.47. The van der Waals surface area contributed by atoms with Crippen molar-refractivity contribution in [3.63, 3.8) is 0 Å². The van der Waals surface area contributed by atoms with Crippen LogP contribution in [0.2, 0.25) is 5.02 Å². The molecule has 3 rings (SSSR count). The number of para-hydroxylation sites is 1. The fraction of sp³-hybridized carbons (Fsp3) is 0.471. The number of aromatic nitrogens is 2. The van der Waals surface area contributed by atoms with Crippen molar-refractivity contribution in [1.82, 2.24) is 20.4 Å². The Morgan fingerprint density at radius 3 is 2.87 bits per heavy atom. The van der Waals surface area contributed by atoms with Crippen LogP contribution in [-0.2, 0) is 7.05 Å². The van der Waals surface area contributed by atoms with E-state index in [4.69, 9.17) is 16.3 Å². The van der Waals surface area contributed by atoms with Crippen LogP contribution >= 0.6 is 11.6 Å². The SMILES string of the molecule is Cn1ncc(Cl)c1-c1ccccc1OCCNC1CCNCC1. The lowest BCUT2D eigenvalue weighted by Gasteiger charge is -2.23. The van der Waals surface area contributed by atoms with Crippen LogP contribution in [0.3, 0.4) is 0 Å². The zero-order chi connectivity index (χ0) is 16.1. The summed E-state index contributed by atoms with van der Waals surface area (Å²) in [5.41, 5.74) is 1.85. The van der Waals surface area contributed by atoms with Gasteiger partial charge in [0, 0.05) is 25.2 Å². The minimum absolute atomic E-state index is 0.599. The van der Waals surface area contributed by atoms with E-state index in [2.05, 4.69) is 15.7 Å². The highest BCUT2D eigenvalue weighted by Gasteiger charge is 2.15. The van der Waals surface area contributed by atoms with Crippen molar-refractivity contribution in [3.05, 3.63) is 35.5 Å². The number of piperidine rings is 1. The number of halogens is 1. The Kier molecular flexibility index (Phi) is 5.54. The fourth-order valence-electron chi connectivity index (χ4n) is 2.95. The van der Waals surface area contributed by atoms with Gasteiger partial charge in [0.1, 0.15) is 12.4 Å². The molecule has 1 aliphatic heterocycles. The Hall–Kier alpha value is -1.56. The van der Waals surface area contributed by atoms with E-state index in [-0.39, 0.29) is 0 Å². The molecule has 2 heterocycles. The first-order valence-electron chi connectivity index (χ1n) is 8.09. The van der Waals surface area contributed by atoms with Gasteiger partial charge in [0.2, 0.25) is 0 Å². The fourth-order valence-corrected chi connectivity index (χ4v) is 3.22. The highest BCUT2D eigenvalue weighted by atomic mass is 35.5. The lowest BCUT2D eigenvalue weighted by molar-refractivity contribution is 0.293. The average Bonchev–Trinajstić information content (AvgIpc) is 2.92. The number of aryl methyl sites for hydroxylation is 1. The maximum atomic E-state index is 6.26. The minimum atomic E-state index is 0.599. The summed E-state index contributed by atoms with van der Waals surface area (Å²) in [6.45, 7) is 3.68. The molecule has 1 aromatic carbocycles. The summed E-state index contributed by atoms with van der Waals surface area (Å²) in [4.78, 5) is 0. The summed E-state index contributed by atoms with van der Waals surface area (Å²) < 4.78 is 7.76. The molecule has 2 N–H and O–H groups in total. The third-order valence-electron chi connectivity index (χ3n) is 4.17. The number of nitrogens with one attached hydrogen (secondary N) is 2. The standard InChI is InChI=1S/C17H23ClN4O/c1-22-17(15(18)12-21-22)14-4-2-3-5-16(14)23-11-10-20-13-6-8-19-9-7-13/h2-5,12-13,19-20H,6-11H2,1H3. The predicted octanol–water partition coefficient (Wildman–Crippen LogP) is 2.46. The quantitative estimate of drug-likeness (QED) is 0.797. The van der Waals surface area contributed by atoms with Crippen molar-refractivity contribution in [3.8, 4) is 17.0 Å². The molecule has 1 aromatic heterocycles. The van der Waals surface area contributed by atoms with E-state index in [9.17, 15) is 0 Å². The molecule has 0 bridgehead atoms. The summed E-state index contributed by atoms with van der Waals surface area (Å²) in [6, 6.07) is 8.55. The van der Waals surface area contributed by atoms with Gasteiger partial charge in [0.05, 0.1) is 16.9 Å². The van der Waals surface area contributed by atoms with Gasteiger partial charge in [-0.15, -0.1) is 0 Å². The third-order valence-corrected chi connectivity index (χ3v) is 4.44. The Balaban J connectivity index is 1.60. The Morgan fingerprint density at radius 1 is 1.35 bits per heavy atom. The van der Waals surface area contributed by atoms with E-state index in [1.165, 1.54) is 12.8 Å². The maximum absolute atomic E-state index is 6.26. The first-order chi connectivity index (χ1) is 11.3. The topological polar surface area (TPSA) is 51.1 Å². The second-order valence-corrected chi connectivity index (χ2v) is 6.19. The van der Waals surface area contributed by atoms with Crippen molar-refractivity contribution in [1.29, 1.82) is 0 Å². The van der Waals surface area contributed by atoms with Gasteiger partial charge in [-0.3, -0.25) is 4.68 Å². The molecule has 0 unspecified atom stereocenters. The van der Waals surface area contributed by atoms with E-state index in [1.807, 2.05) is 31.3 Å².